The van der Waals surface area contributed by atoms with Gasteiger partial charge >= 0.3 is 0 Å². The van der Waals surface area contributed by atoms with Crippen molar-refractivity contribution < 1.29 is 9.32 Å². The summed E-state index contributed by atoms with van der Waals surface area (Å²) in [4.78, 5) is 11.3. The Morgan fingerprint density at radius 3 is 2.67 bits per heavy atom. The lowest BCUT2D eigenvalue weighted by molar-refractivity contribution is 0.107. The minimum Gasteiger partial charge on any atom is -0.329 e. The molecule has 0 aliphatic heterocycles. The van der Waals surface area contributed by atoms with Crippen molar-refractivity contribution in [1.29, 1.82) is 0 Å². The van der Waals surface area contributed by atoms with Crippen molar-refractivity contribution in [3.63, 3.8) is 0 Å². The molecular weight excluding hydrogens is 171 g/mol. The predicted octanol–water partition coefficient (Wildman–Crippen LogP) is 2.18. The second kappa shape index (κ2) is 4.81. The van der Waals surface area contributed by atoms with E-state index in [4.69, 9.17) is 4.52 Å². The molecule has 0 amide bonds. The van der Waals surface area contributed by atoms with Gasteiger partial charge in [-0.2, -0.15) is 0 Å². The van der Waals surface area contributed by atoms with Gasteiger partial charge in [-0.05, 0) is 0 Å². The smallest absolute Gasteiger partial charge is 0.192 e. The quantitative estimate of drug-likeness (QED) is 0.526. The molecule has 0 atom stereocenters. The third-order valence-electron chi connectivity index (χ3n) is 1.33. The Labute approximate surface area is 73.1 Å². The molecule has 0 bridgehead atoms. The SMILES string of the molecule is COP=CC(=O)c1ccccc1. The first-order valence-electron chi connectivity index (χ1n) is 3.50. The molecule has 0 aliphatic carbocycles. The lowest BCUT2D eigenvalue weighted by Gasteiger charge is -1.91. The van der Waals surface area contributed by atoms with E-state index in [1.807, 2.05) is 18.2 Å². The molecule has 1 aromatic carbocycles. The molecule has 1 rings (SSSR count). The van der Waals surface area contributed by atoms with Crippen LogP contribution in [0.1, 0.15) is 10.4 Å². The van der Waals surface area contributed by atoms with Gasteiger partial charge in [0, 0.05) is 18.5 Å². The Hall–Kier alpha value is -0.980. The van der Waals surface area contributed by atoms with E-state index < -0.39 is 0 Å². The molecule has 12 heavy (non-hydrogen) atoms. The van der Waals surface area contributed by atoms with Crippen molar-refractivity contribution in [3.05, 3.63) is 35.9 Å². The maximum absolute atomic E-state index is 11.3. The summed E-state index contributed by atoms with van der Waals surface area (Å²) in [6, 6.07) is 9.12. The number of benzene rings is 1. The van der Waals surface area contributed by atoms with E-state index in [9.17, 15) is 4.79 Å². The number of Topliss-reactive ketones (excluding diaryl/α,β-unsaturated/α-hetero) is 1. The van der Waals surface area contributed by atoms with E-state index in [2.05, 4.69) is 0 Å². The van der Waals surface area contributed by atoms with Crippen molar-refractivity contribution in [2.45, 2.75) is 0 Å². The van der Waals surface area contributed by atoms with Crippen LogP contribution in [0.15, 0.2) is 30.3 Å². The fourth-order valence-electron chi connectivity index (χ4n) is 0.778. The van der Waals surface area contributed by atoms with Crippen LogP contribution in [-0.2, 0) is 4.52 Å². The summed E-state index contributed by atoms with van der Waals surface area (Å²) < 4.78 is 4.73. The number of carbonyl (C=O) groups excluding carboxylic acids is 1. The van der Waals surface area contributed by atoms with Gasteiger partial charge in [0.2, 0.25) is 0 Å². The van der Waals surface area contributed by atoms with Crippen molar-refractivity contribution in [2.24, 2.45) is 0 Å². The lowest BCUT2D eigenvalue weighted by Crippen LogP contribution is -1.97. The second-order valence-electron chi connectivity index (χ2n) is 2.15. The van der Waals surface area contributed by atoms with E-state index in [1.54, 1.807) is 19.2 Å². The van der Waals surface area contributed by atoms with Gasteiger partial charge in [-0.15, -0.1) is 0 Å². The molecule has 0 saturated heterocycles. The molecule has 1 aromatic rings. The normalized spacial score (nSPS) is 10.4. The van der Waals surface area contributed by atoms with E-state index in [0.717, 1.165) is 0 Å². The van der Waals surface area contributed by atoms with Gasteiger partial charge < -0.3 is 4.52 Å². The number of hydrogen-bond acceptors (Lipinski definition) is 2. The largest absolute Gasteiger partial charge is 0.329 e. The van der Waals surface area contributed by atoms with Crippen LogP contribution in [0.25, 0.3) is 0 Å². The topological polar surface area (TPSA) is 26.3 Å². The number of carbonyl (C=O) groups is 1. The van der Waals surface area contributed by atoms with Gasteiger partial charge in [-0.1, -0.05) is 30.3 Å². The van der Waals surface area contributed by atoms with E-state index >= 15 is 0 Å². The van der Waals surface area contributed by atoms with E-state index in [1.165, 1.54) is 5.80 Å². The molecule has 0 radical (unpaired) electrons. The van der Waals surface area contributed by atoms with Crippen LogP contribution in [0.3, 0.4) is 0 Å². The fraction of sp³-hybridized carbons (Fsp3) is 0.111. The van der Waals surface area contributed by atoms with Crippen LogP contribution in [0.5, 0.6) is 0 Å². The summed E-state index contributed by atoms with van der Waals surface area (Å²) in [6.45, 7) is 0. The standard InChI is InChI=1S/C9H9O2P/c1-11-12-7-9(10)8-5-3-2-4-6-8/h2-7H,1H3. The summed E-state index contributed by atoms with van der Waals surface area (Å²) in [6.07, 6.45) is 0. The summed E-state index contributed by atoms with van der Waals surface area (Å²) in [7, 11) is 2.14. The van der Waals surface area contributed by atoms with Crippen LogP contribution in [-0.4, -0.2) is 18.7 Å². The molecule has 0 fully saturated rings. The van der Waals surface area contributed by atoms with Gasteiger partial charge in [0.25, 0.3) is 0 Å². The lowest BCUT2D eigenvalue weighted by atomic mass is 10.2. The molecule has 0 unspecified atom stereocenters. The van der Waals surface area contributed by atoms with Gasteiger partial charge in [-0.3, -0.25) is 4.79 Å². The molecule has 3 heteroatoms. The zero-order valence-electron chi connectivity index (χ0n) is 6.73. The number of ketones is 1. The highest BCUT2D eigenvalue weighted by atomic mass is 31.1. The number of hydrogen-bond donors (Lipinski definition) is 0. The summed E-state index contributed by atoms with van der Waals surface area (Å²) in [5, 5.41) is 0. The van der Waals surface area contributed by atoms with Crippen molar-refractivity contribution >= 4 is 20.0 Å². The molecule has 0 heterocycles. The van der Waals surface area contributed by atoms with Crippen LogP contribution in [0.2, 0.25) is 0 Å². The van der Waals surface area contributed by atoms with E-state index in [-0.39, 0.29) is 5.78 Å². The average molecular weight is 180 g/mol. The molecule has 0 spiro atoms. The summed E-state index contributed by atoms with van der Waals surface area (Å²) in [5.74, 6) is 1.49. The average Bonchev–Trinajstić information content (AvgIpc) is 2.15. The van der Waals surface area contributed by atoms with E-state index in [0.29, 0.717) is 14.0 Å². The predicted molar refractivity (Wildman–Crippen MR) is 50.8 cm³/mol. The molecule has 0 N–H and O–H groups in total. The zero-order chi connectivity index (χ0) is 8.81. The third-order valence-corrected chi connectivity index (χ3v) is 1.88. The molecule has 0 aromatic heterocycles. The molecule has 0 saturated carbocycles. The Morgan fingerprint density at radius 2 is 2.08 bits per heavy atom. The molecule has 0 aliphatic rings. The van der Waals surface area contributed by atoms with Crippen LogP contribution < -0.4 is 0 Å². The van der Waals surface area contributed by atoms with Crippen molar-refractivity contribution in [3.8, 4) is 0 Å². The van der Waals surface area contributed by atoms with Gasteiger partial charge in [0.05, 0.1) is 8.43 Å². The Morgan fingerprint density at radius 1 is 1.42 bits per heavy atom. The Bertz CT molecular complexity index is 280. The summed E-state index contributed by atoms with van der Waals surface area (Å²) >= 11 is 0. The Balaban J connectivity index is 2.72. The van der Waals surface area contributed by atoms with Gasteiger partial charge in [0.1, 0.15) is 0 Å². The van der Waals surface area contributed by atoms with Gasteiger partial charge in [-0.25, -0.2) is 0 Å². The monoisotopic (exact) mass is 180 g/mol. The first-order chi connectivity index (χ1) is 5.84. The molecular formula is C9H9O2P. The van der Waals surface area contributed by atoms with Crippen LogP contribution in [0, 0.1) is 0 Å². The highest BCUT2D eigenvalue weighted by Gasteiger charge is 1.98. The highest BCUT2D eigenvalue weighted by Crippen LogP contribution is 2.01. The van der Waals surface area contributed by atoms with Crippen molar-refractivity contribution in [2.75, 3.05) is 7.11 Å². The maximum atomic E-state index is 11.3. The Kier molecular flexibility index (Phi) is 3.65. The van der Waals surface area contributed by atoms with Crippen LogP contribution in [0.4, 0.5) is 0 Å². The minimum atomic E-state index is -0.000818. The maximum Gasteiger partial charge on any atom is 0.192 e. The molecule has 2 nitrogen and oxygen atoms in total. The summed E-state index contributed by atoms with van der Waals surface area (Å²) in [5.41, 5.74) is 0.696. The van der Waals surface area contributed by atoms with Crippen LogP contribution >= 0.6 is 8.43 Å². The van der Waals surface area contributed by atoms with Gasteiger partial charge in [0.15, 0.2) is 5.78 Å². The first kappa shape index (κ1) is 9.11. The molecule has 62 valence electrons. The first-order valence-corrected chi connectivity index (χ1v) is 4.38. The number of rotatable bonds is 3. The minimum absolute atomic E-state index is 0.000818. The highest BCUT2D eigenvalue weighted by molar-refractivity contribution is 7.36. The third kappa shape index (κ3) is 2.57. The second-order valence-corrected chi connectivity index (χ2v) is 2.98. The van der Waals surface area contributed by atoms with Crippen molar-refractivity contribution in [1.82, 2.24) is 0 Å². The fourth-order valence-corrected chi connectivity index (χ4v) is 1.13. The zero-order valence-corrected chi connectivity index (χ0v) is 7.62.